The molecule has 1 aromatic carbocycles. The van der Waals surface area contributed by atoms with Gasteiger partial charge < -0.3 is 5.32 Å². The summed E-state index contributed by atoms with van der Waals surface area (Å²) < 4.78 is 0. The van der Waals surface area contributed by atoms with Crippen molar-refractivity contribution in [2.24, 2.45) is 0 Å². The summed E-state index contributed by atoms with van der Waals surface area (Å²) in [5.41, 5.74) is 1.89. The first-order chi connectivity index (χ1) is 12.8. The van der Waals surface area contributed by atoms with Crippen LogP contribution in [-0.2, 0) is 4.79 Å². The molecule has 0 bridgehead atoms. The molecule has 27 heavy (non-hydrogen) atoms. The molecule has 1 amide bonds. The molecule has 2 heterocycles. The van der Waals surface area contributed by atoms with Crippen molar-refractivity contribution in [1.82, 2.24) is 9.97 Å². The van der Waals surface area contributed by atoms with Gasteiger partial charge in [0.15, 0.2) is 0 Å². The van der Waals surface area contributed by atoms with Gasteiger partial charge in [0.05, 0.1) is 10.7 Å². The van der Waals surface area contributed by atoms with Crippen LogP contribution in [0, 0.1) is 37.8 Å². The van der Waals surface area contributed by atoms with E-state index < -0.39 is 4.92 Å². The summed E-state index contributed by atoms with van der Waals surface area (Å²) in [6, 6.07) is 4.70. The number of thiophene rings is 1. The number of rotatable bonds is 5. The zero-order valence-electron chi connectivity index (χ0n) is 15.3. The fraction of sp³-hybridized carbons (Fsp3) is 0.278. The lowest BCUT2D eigenvalue weighted by molar-refractivity contribution is -0.384. The molecule has 0 aliphatic heterocycles. The van der Waals surface area contributed by atoms with E-state index in [9.17, 15) is 14.9 Å². The molecular formula is C18H18N4O3S2. The SMILES string of the molecule is Cc1nc(SCC(=O)Nc2c(C)cccc2[N+](=O)[O-])c2c(C)c(C)sc2n1. The highest BCUT2D eigenvalue weighted by Gasteiger charge is 2.19. The van der Waals surface area contributed by atoms with Crippen LogP contribution in [0.2, 0.25) is 0 Å². The molecule has 0 saturated carbocycles. The summed E-state index contributed by atoms with van der Waals surface area (Å²) in [5, 5.41) is 15.6. The third kappa shape index (κ3) is 3.93. The Balaban J connectivity index is 1.82. The number of carbonyl (C=O) groups excluding carboxylic acids is 1. The van der Waals surface area contributed by atoms with E-state index in [2.05, 4.69) is 15.3 Å². The van der Waals surface area contributed by atoms with E-state index >= 15 is 0 Å². The number of aryl methyl sites for hydroxylation is 4. The Morgan fingerprint density at radius 1 is 1.26 bits per heavy atom. The summed E-state index contributed by atoms with van der Waals surface area (Å²) >= 11 is 2.92. The van der Waals surface area contributed by atoms with Crippen molar-refractivity contribution in [2.45, 2.75) is 32.7 Å². The van der Waals surface area contributed by atoms with Crippen LogP contribution in [0.25, 0.3) is 10.2 Å². The quantitative estimate of drug-likeness (QED) is 0.291. The van der Waals surface area contributed by atoms with Gasteiger partial charge in [-0.1, -0.05) is 23.9 Å². The molecule has 1 N–H and O–H groups in total. The lowest BCUT2D eigenvalue weighted by atomic mass is 10.1. The van der Waals surface area contributed by atoms with Crippen LogP contribution in [-0.4, -0.2) is 26.6 Å². The first-order valence-electron chi connectivity index (χ1n) is 8.19. The van der Waals surface area contributed by atoms with Gasteiger partial charge in [-0.25, -0.2) is 9.97 Å². The maximum Gasteiger partial charge on any atom is 0.293 e. The number of aromatic nitrogens is 2. The minimum absolute atomic E-state index is 0.103. The lowest BCUT2D eigenvalue weighted by Gasteiger charge is -2.09. The van der Waals surface area contributed by atoms with Gasteiger partial charge in [-0.3, -0.25) is 14.9 Å². The summed E-state index contributed by atoms with van der Waals surface area (Å²) in [5.74, 6) is 0.443. The van der Waals surface area contributed by atoms with Gasteiger partial charge in [0.1, 0.15) is 21.4 Å². The molecule has 0 aliphatic rings. The Morgan fingerprint density at radius 3 is 2.70 bits per heavy atom. The third-order valence-corrected chi connectivity index (χ3v) is 6.24. The van der Waals surface area contributed by atoms with Gasteiger partial charge in [0, 0.05) is 16.3 Å². The fourth-order valence-electron chi connectivity index (χ4n) is 2.70. The minimum Gasteiger partial charge on any atom is -0.319 e. The van der Waals surface area contributed by atoms with Crippen LogP contribution in [0.5, 0.6) is 0 Å². The molecular weight excluding hydrogens is 384 g/mol. The highest BCUT2D eigenvalue weighted by molar-refractivity contribution is 8.00. The van der Waals surface area contributed by atoms with Crippen LogP contribution in [0.15, 0.2) is 23.2 Å². The second-order valence-corrected chi connectivity index (χ2v) is 8.27. The number of carbonyl (C=O) groups is 1. The molecule has 0 unspecified atom stereocenters. The molecule has 7 nitrogen and oxygen atoms in total. The van der Waals surface area contributed by atoms with Gasteiger partial charge in [0.25, 0.3) is 5.69 Å². The highest BCUT2D eigenvalue weighted by Crippen LogP contribution is 2.35. The van der Waals surface area contributed by atoms with Gasteiger partial charge in [-0.05, 0) is 38.8 Å². The molecule has 2 aromatic heterocycles. The van der Waals surface area contributed by atoms with Crippen molar-refractivity contribution < 1.29 is 9.72 Å². The Hall–Kier alpha value is -2.52. The van der Waals surface area contributed by atoms with Crippen molar-refractivity contribution in [3.8, 4) is 0 Å². The predicted molar refractivity (Wildman–Crippen MR) is 109 cm³/mol. The van der Waals surface area contributed by atoms with Crippen molar-refractivity contribution >= 4 is 50.6 Å². The molecule has 140 valence electrons. The molecule has 0 saturated heterocycles. The largest absolute Gasteiger partial charge is 0.319 e. The predicted octanol–water partition coefficient (Wildman–Crippen LogP) is 4.56. The normalized spacial score (nSPS) is 11.0. The van der Waals surface area contributed by atoms with E-state index in [1.807, 2.05) is 20.8 Å². The van der Waals surface area contributed by atoms with Gasteiger partial charge in [0.2, 0.25) is 5.91 Å². The molecule has 3 rings (SSSR count). The van der Waals surface area contributed by atoms with Gasteiger partial charge in [-0.2, -0.15) is 0 Å². The number of thioether (sulfide) groups is 1. The minimum atomic E-state index is -0.495. The average molecular weight is 403 g/mol. The van der Waals surface area contributed by atoms with Crippen molar-refractivity contribution in [1.29, 1.82) is 0 Å². The maximum absolute atomic E-state index is 12.4. The van der Waals surface area contributed by atoms with Crippen LogP contribution in [0.4, 0.5) is 11.4 Å². The lowest BCUT2D eigenvalue weighted by Crippen LogP contribution is -2.16. The molecule has 0 spiro atoms. The van der Waals surface area contributed by atoms with Crippen LogP contribution in [0.1, 0.15) is 21.8 Å². The summed E-state index contributed by atoms with van der Waals surface area (Å²) in [6.45, 7) is 7.61. The molecule has 0 fully saturated rings. The number of nitro groups is 1. The summed E-state index contributed by atoms with van der Waals surface area (Å²) in [6.07, 6.45) is 0. The number of benzene rings is 1. The van der Waals surface area contributed by atoms with Gasteiger partial charge in [-0.15, -0.1) is 11.3 Å². The number of nitrogens with zero attached hydrogens (tertiary/aromatic N) is 3. The molecule has 9 heteroatoms. The Labute approximate surface area is 164 Å². The number of nitrogens with one attached hydrogen (secondary N) is 1. The third-order valence-electron chi connectivity index (χ3n) is 4.16. The van der Waals surface area contributed by atoms with Crippen molar-refractivity contribution in [3.05, 3.63) is 50.1 Å². The Kier molecular flexibility index (Phi) is 5.43. The first-order valence-corrected chi connectivity index (χ1v) is 9.99. The molecule has 0 atom stereocenters. The van der Waals surface area contributed by atoms with Gasteiger partial charge >= 0.3 is 0 Å². The number of amides is 1. The molecule has 0 radical (unpaired) electrons. The Bertz CT molecular complexity index is 1060. The van der Waals surface area contributed by atoms with E-state index in [1.165, 1.54) is 22.7 Å². The first kappa shape index (κ1) is 19.2. The monoisotopic (exact) mass is 402 g/mol. The highest BCUT2D eigenvalue weighted by atomic mass is 32.2. The molecule has 0 aliphatic carbocycles. The second-order valence-electron chi connectivity index (χ2n) is 6.10. The summed E-state index contributed by atoms with van der Waals surface area (Å²) in [7, 11) is 0. The smallest absolute Gasteiger partial charge is 0.293 e. The number of nitro benzene ring substituents is 1. The fourth-order valence-corrected chi connectivity index (χ4v) is 4.77. The second kappa shape index (κ2) is 7.61. The van der Waals surface area contributed by atoms with E-state index in [4.69, 9.17) is 0 Å². The number of fused-ring (bicyclic) bond motifs is 1. The van der Waals surface area contributed by atoms with E-state index in [-0.39, 0.29) is 23.0 Å². The molecule has 3 aromatic rings. The Morgan fingerprint density at radius 2 is 2.00 bits per heavy atom. The zero-order valence-corrected chi connectivity index (χ0v) is 17.0. The standard InChI is InChI=1S/C18H18N4O3S2/c1-9-6-5-7-13(22(24)25)16(9)21-14(23)8-26-17-15-10(2)11(3)27-18(15)20-12(4)19-17/h5-7H,8H2,1-4H3,(H,21,23). The van der Waals surface area contributed by atoms with Crippen LogP contribution >= 0.6 is 23.1 Å². The number of hydrogen-bond acceptors (Lipinski definition) is 7. The van der Waals surface area contributed by atoms with Crippen molar-refractivity contribution in [3.63, 3.8) is 0 Å². The average Bonchev–Trinajstić information content (AvgIpc) is 2.88. The maximum atomic E-state index is 12.4. The number of anilines is 1. The number of hydrogen-bond donors (Lipinski definition) is 1. The summed E-state index contributed by atoms with van der Waals surface area (Å²) in [4.78, 5) is 34.2. The van der Waals surface area contributed by atoms with Crippen LogP contribution in [0.3, 0.4) is 0 Å². The van der Waals surface area contributed by atoms with Crippen molar-refractivity contribution in [2.75, 3.05) is 11.1 Å². The van der Waals surface area contributed by atoms with Crippen LogP contribution < -0.4 is 5.32 Å². The van der Waals surface area contributed by atoms with E-state index in [1.54, 1.807) is 30.4 Å². The van der Waals surface area contributed by atoms with E-state index in [0.717, 1.165) is 20.8 Å². The number of para-hydroxylation sites is 1. The van der Waals surface area contributed by atoms with E-state index in [0.29, 0.717) is 11.4 Å². The topological polar surface area (TPSA) is 98.0 Å². The zero-order chi connectivity index (χ0) is 19.7.